The molecule has 0 N–H and O–H groups in total. The maximum Gasteiger partial charge on any atom is 0.252 e. The van der Waals surface area contributed by atoms with Gasteiger partial charge in [-0.2, -0.15) is 0 Å². The van der Waals surface area contributed by atoms with Gasteiger partial charge in [-0.05, 0) is 244 Å². The Morgan fingerprint density at radius 2 is 0.558 bits per heavy atom. The Bertz CT molecular complexity index is 9050. The lowest BCUT2D eigenvalue weighted by Gasteiger charge is -2.46. The van der Waals surface area contributed by atoms with E-state index in [0.717, 1.165) is 11.1 Å². The molecule has 0 aliphatic carbocycles. The van der Waals surface area contributed by atoms with E-state index >= 15 is 0 Å². The first kappa shape index (κ1) is 56.0. The highest BCUT2D eigenvalue weighted by Crippen LogP contribution is 2.59. The van der Waals surface area contributed by atoms with E-state index in [1.807, 2.05) is 59.7 Å². The molecule has 0 saturated heterocycles. The Hall–Kier alpha value is -11.7. The molecule has 0 spiro atoms. The highest BCUT2D eigenvalue weighted by Gasteiger charge is 2.48. The van der Waals surface area contributed by atoms with Crippen LogP contribution in [-0.2, 0) is 54.1 Å². The topological polar surface area (TPSA) is 16.3 Å². The van der Waals surface area contributed by atoms with Crippen LogP contribution in [0.5, 0.6) is 0 Å². The van der Waals surface area contributed by atoms with E-state index < -0.39 is 288 Å². The number of aromatic nitrogens is 2. The van der Waals surface area contributed by atoms with Crippen molar-refractivity contribution in [2.24, 2.45) is 0 Å². The molecule has 0 amide bonds. The largest absolute Gasteiger partial charge is 0.310 e. The molecular formula is C124H135BN4. The first-order chi connectivity index (χ1) is 74.5. The van der Waals surface area contributed by atoms with Crippen LogP contribution < -0.4 is 26.2 Å². The molecule has 16 aromatic rings. The van der Waals surface area contributed by atoms with E-state index in [2.05, 4.69) is 6.07 Å². The maximum absolute atomic E-state index is 12.1. The minimum Gasteiger partial charge on any atom is -0.310 e. The predicted octanol–water partition coefficient (Wildman–Crippen LogP) is 33.3. The minimum absolute atomic E-state index is 0.0389. The fraction of sp³-hybridized carbons (Fsp3) is 0.323. The molecule has 2 aliphatic heterocycles. The smallest absolute Gasteiger partial charge is 0.252 e. The number of hydrogen-bond donors (Lipinski definition) is 0. The molecule has 18 rings (SSSR count). The molecule has 4 heterocycles. The molecule has 2 aromatic heterocycles. The summed E-state index contributed by atoms with van der Waals surface area (Å²) in [6, 6.07) is -3.11. The molecular weight excluding hydrogens is 1560 g/mol. The molecule has 0 atom stereocenters. The third-order valence-corrected chi connectivity index (χ3v) is 25.0. The van der Waals surface area contributed by atoms with Gasteiger partial charge in [-0.25, -0.2) is 0 Å². The minimum atomic E-state index is -1.56. The van der Waals surface area contributed by atoms with Gasteiger partial charge in [0.2, 0.25) is 0 Å². The number of nitrogens with zero attached hydrogens (tertiary/aromatic N) is 4. The van der Waals surface area contributed by atoms with Gasteiger partial charge in [0.15, 0.2) is 0 Å². The van der Waals surface area contributed by atoms with E-state index in [4.69, 9.17) is 0 Å². The van der Waals surface area contributed by atoms with Crippen LogP contribution in [0.4, 0.5) is 34.1 Å². The van der Waals surface area contributed by atoms with Gasteiger partial charge in [-0.1, -0.05) is 395 Å². The molecule has 0 radical (unpaired) electrons. The first-order valence-corrected chi connectivity index (χ1v) is 44.7. The average Bonchev–Trinajstić information content (AvgIpc) is 1.38. The van der Waals surface area contributed by atoms with Crippen molar-refractivity contribution in [3.05, 3.63) is 328 Å². The van der Waals surface area contributed by atoms with E-state index in [9.17, 15) is 46.6 Å². The molecule has 14 aromatic carbocycles. The summed E-state index contributed by atoms with van der Waals surface area (Å²) >= 11 is 0. The van der Waals surface area contributed by atoms with Gasteiger partial charge >= 0.3 is 0 Å². The summed E-state index contributed by atoms with van der Waals surface area (Å²) in [6.07, 6.45) is 0. The van der Waals surface area contributed by atoms with E-state index in [0.29, 0.717) is 5.56 Å². The molecule has 4 nitrogen and oxygen atoms in total. The first-order valence-electron chi connectivity index (χ1n) is 61.7. The molecule has 0 bridgehead atoms. The molecule has 129 heavy (non-hydrogen) atoms. The molecule has 0 saturated carbocycles. The summed E-state index contributed by atoms with van der Waals surface area (Å²) in [6.45, 7) is 52.9. The predicted molar refractivity (Wildman–Crippen MR) is 563 cm³/mol. The zero-order valence-corrected chi connectivity index (χ0v) is 80.2. The molecule has 0 unspecified atom stereocenters. The number of benzene rings is 14. The standard InChI is InChI=1S/C124H135BN4/c1-115(2,3)80-54-50-76(51-55-80)94-69-85(120(16,17)18)71-96(89-61-58-82(117(7,8)9)73-100(89)124(28,29)30)113(94)128-107-74-87(126-103-46-35-31-40-90(103)91-41-32-36-47-104(91)126)59-62-101(107)125-102-63-60-88(127-105-48-37-33-42-92(105)93-43-34-38-49-106(93)127)75-108(102)129(110-67-79(66-109(128)112(110)125)78-64-83(118(10,11)12)68-84(65-78)119(13,14)15)114-95(77-52-56-81(57-53-77)116(4,5)6)70-86(121(19,20)21)72-97(114)111-98(122(22,23)24)44-39-45-99(111)123(25,26)27/h31-75H,1-30H3/i31D,32D,33D,34D,35D,36D,37D,38D,39D,40D,41D,42D,43D,44D,45D,46D,47D,48D,49D,50D,51D,52D,53D,54D,55D,56D,57D,58D,61D,69D,70D,71D,72D,73D. The van der Waals surface area contributed by atoms with Crippen LogP contribution in [0.3, 0.4) is 0 Å². The summed E-state index contributed by atoms with van der Waals surface area (Å²) in [5, 5.41) is -1.41. The average molecular weight is 1730 g/mol. The number of hydrogen-bond acceptors (Lipinski definition) is 2. The van der Waals surface area contributed by atoms with E-state index in [1.54, 1.807) is 212 Å². The second-order valence-corrected chi connectivity index (χ2v) is 45.3. The number of anilines is 6. The fourth-order valence-corrected chi connectivity index (χ4v) is 17.8. The summed E-state index contributed by atoms with van der Waals surface area (Å²) < 4.78 is 359. The number of fused-ring (bicyclic) bond motifs is 10. The van der Waals surface area contributed by atoms with Gasteiger partial charge in [0, 0.05) is 77.9 Å². The van der Waals surface area contributed by atoms with Gasteiger partial charge in [-0.15, -0.1) is 0 Å². The van der Waals surface area contributed by atoms with Crippen LogP contribution in [0.15, 0.2) is 272 Å². The van der Waals surface area contributed by atoms with Crippen LogP contribution in [-0.4, -0.2) is 15.8 Å². The van der Waals surface area contributed by atoms with Gasteiger partial charge in [-0.3, -0.25) is 0 Å². The Kier molecular flexibility index (Phi) is 13.2. The summed E-state index contributed by atoms with van der Waals surface area (Å²) in [4.78, 5) is 3.29. The molecule has 5 heteroatoms. The highest BCUT2D eigenvalue weighted by molar-refractivity contribution is 7.00. The van der Waals surface area contributed by atoms with Crippen molar-refractivity contribution < 1.29 is 46.6 Å². The van der Waals surface area contributed by atoms with Crippen LogP contribution in [0.25, 0.3) is 111 Å². The summed E-state index contributed by atoms with van der Waals surface area (Å²) in [5.41, 5.74) is -15.7. The van der Waals surface area contributed by atoms with Crippen molar-refractivity contribution in [2.45, 2.75) is 262 Å². The van der Waals surface area contributed by atoms with Crippen molar-refractivity contribution in [3.63, 3.8) is 0 Å². The lowest BCUT2D eigenvalue weighted by molar-refractivity contribution is 0.568. The SMILES string of the molecule is [2H]c1c([2H])c(C(C)(C)C)c(-c2c([2H])c(C(C)(C)C)c([2H])c(-c3c([2H])c([2H])c(C(C)(C)C)c([2H])c3[2H])c2N2c3cc(-n4c5c([2H])c([2H])c([2H])c([2H])c5c5c([2H])c([2H])c([2H])c([2H])c54)ccc3B3c4ccc(-n5c6c([2H])c([2H])c([2H])c([2H])c6c6c([2H])c([2H])c([2H])c([2H])c65)cc4N(c4c(-c5c([2H])c([2H])c(C(C)(C)C)c([2H])c5[2H])c([2H])c(C(C)(C)C)c([2H])c4-c4c([2H])c([2H])c(C(C)(C)C)c([2H])c4C(C)(C)C)c4cc(-c5cc(C(C)(C)C)cc(C(C)(C)C)c5)cc2c43)c(C(C)(C)C)c1[2H]. The second-order valence-electron chi connectivity index (χ2n) is 45.3. The summed E-state index contributed by atoms with van der Waals surface area (Å²) in [5.74, 6) is 0. The van der Waals surface area contributed by atoms with Crippen molar-refractivity contribution >= 4 is 101 Å². The second kappa shape index (κ2) is 30.5. The molecule has 0 fully saturated rings. The van der Waals surface area contributed by atoms with Crippen LogP contribution in [0.1, 0.15) is 310 Å². The van der Waals surface area contributed by atoms with E-state index in [1.165, 1.54) is 15.2 Å². The van der Waals surface area contributed by atoms with Gasteiger partial charge < -0.3 is 18.9 Å². The summed E-state index contributed by atoms with van der Waals surface area (Å²) in [7, 11) is 0. The van der Waals surface area contributed by atoms with Crippen molar-refractivity contribution in [1.29, 1.82) is 0 Å². The monoisotopic (exact) mass is 1730 g/mol. The Balaban J connectivity index is 1.27. The van der Waals surface area contributed by atoms with Crippen molar-refractivity contribution in [2.75, 3.05) is 9.80 Å². The zero-order chi connectivity index (χ0) is 122. The fourth-order valence-electron chi connectivity index (χ4n) is 17.8. The molecule has 2 aliphatic rings. The van der Waals surface area contributed by atoms with Crippen LogP contribution >= 0.6 is 0 Å². The van der Waals surface area contributed by atoms with Crippen molar-refractivity contribution in [3.8, 4) is 67.0 Å². The Morgan fingerprint density at radius 1 is 0.233 bits per heavy atom. The Morgan fingerprint density at radius 3 is 0.915 bits per heavy atom. The number of rotatable bonds is 9. The lowest BCUT2D eigenvalue weighted by atomic mass is 9.33. The van der Waals surface area contributed by atoms with Gasteiger partial charge in [0.25, 0.3) is 6.71 Å². The highest BCUT2D eigenvalue weighted by atomic mass is 15.2. The lowest BCUT2D eigenvalue weighted by Crippen LogP contribution is -2.61. The number of para-hydroxylation sites is 4. The van der Waals surface area contributed by atoms with Crippen LogP contribution in [0, 0.1) is 0 Å². The molecule has 654 valence electrons. The Labute approximate surface area is 819 Å². The zero-order valence-electron chi connectivity index (χ0n) is 114. The van der Waals surface area contributed by atoms with Gasteiger partial charge in [0.05, 0.1) is 80.0 Å². The maximum atomic E-state index is 12.1. The quantitative estimate of drug-likeness (QED) is 0.134. The van der Waals surface area contributed by atoms with Crippen molar-refractivity contribution in [1.82, 2.24) is 9.13 Å². The third-order valence-electron chi connectivity index (χ3n) is 25.0. The normalized spacial score (nSPS) is 17.5. The van der Waals surface area contributed by atoms with E-state index in [-0.39, 0.29) is 178 Å². The van der Waals surface area contributed by atoms with Crippen LogP contribution in [0.2, 0.25) is 0 Å². The van der Waals surface area contributed by atoms with Gasteiger partial charge in [0.1, 0.15) is 0 Å². The third kappa shape index (κ3) is 15.5.